The van der Waals surface area contributed by atoms with Crippen molar-refractivity contribution in [2.24, 2.45) is 0 Å². The van der Waals surface area contributed by atoms with Crippen LogP contribution in [-0.4, -0.2) is 30.9 Å². The summed E-state index contributed by atoms with van der Waals surface area (Å²) in [5, 5.41) is 16.9. The van der Waals surface area contributed by atoms with Gasteiger partial charge in [-0.2, -0.15) is 10.2 Å². The third-order valence-corrected chi connectivity index (χ3v) is 6.84. The van der Waals surface area contributed by atoms with E-state index in [0.29, 0.717) is 35.0 Å². The monoisotopic (exact) mass is 482 g/mol. The highest BCUT2D eigenvalue weighted by atomic mass is 16.1. The number of benzene rings is 1. The molecule has 9 nitrogen and oxygen atoms in total. The number of hydrogen-bond donors (Lipinski definition) is 2. The number of hydrogen-bond acceptors (Lipinski definition) is 7. The molecule has 1 aliphatic rings. The average Bonchev–Trinajstić information content (AvgIpc) is 3.14. The molecule has 9 heteroatoms. The van der Waals surface area contributed by atoms with Crippen molar-refractivity contribution in [2.75, 3.05) is 11.9 Å². The quantitative estimate of drug-likeness (QED) is 0.443. The summed E-state index contributed by atoms with van der Waals surface area (Å²) < 4.78 is 3.30. The smallest absolute Gasteiger partial charge is 0.278 e. The van der Waals surface area contributed by atoms with Crippen molar-refractivity contribution in [3.63, 3.8) is 0 Å². The van der Waals surface area contributed by atoms with E-state index in [4.69, 9.17) is 9.97 Å². The summed E-state index contributed by atoms with van der Waals surface area (Å²) in [4.78, 5) is 27.0. The van der Waals surface area contributed by atoms with E-state index in [0.717, 1.165) is 18.7 Å². The van der Waals surface area contributed by atoms with Crippen molar-refractivity contribution in [1.82, 2.24) is 29.6 Å². The third kappa shape index (κ3) is 3.93. The van der Waals surface area contributed by atoms with Crippen LogP contribution in [0.4, 0.5) is 11.6 Å². The van der Waals surface area contributed by atoms with Gasteiger partial charge in [-0.15, -0.1) is 0 Å². The highest BCUT2D eigenvalue weighted by Crippen LogP contribution is 2.31. The molecule has 0 aliphatic carbocycles. The van der Waals surface area contributed by atoms with Crippen molar-refractivity contribution in [3.05, 3.63) is 69.8 Å². The van der Waals surface area contributed by atoms with E-state index in [2.05, 4.69) is 47.7 Å². The summed E-state index contributed by atoms with van der Waals surface area (Å²) in [6.07, 6.45) is 2.51. The molecule has 0 fully saturated rings. The molecule has 0 saturated heterocycles. The lowest BCUT2D eigenvalue weighted by Gasteiger charge is -2.34. The zero-order valence-electron chi connectivity index (χ0n) is 21.3. The molecule has 4 aromatic rings. The Morgan fingerprint density at radius 3 is 2.78 bits per heavy atom. The second kappa shape index (κ2) is 8.57. The van der Waals surface area contributed by atoms with Gasteiger partial charge in [0.2, 0.25) is 5.95 Å². The number of nitriles is 1. The maximum atomic E-state index is 13.1. The number of nitrogens with zero attached hydrogens (tertiary/aromatic N) is 6. The van der Waals surface area contributed by atoms with Crippen molar-refractivity contribution in [3.8, 4) is 11.9 Å². The van der Waals surface area contributed by atoms with Crippen molar-refractivity contribution in [2.45, 2.75) is 58.5 Å². The molecule has 0 bridgehead atoms. The van der Waals surface area contributed by atoms with E-state index in [1.54, 1.807) is 15.6 Å². The molecule has 0 saturated carbocycles. The molecule has 1 aromatic carbocycles. The van der Waals surface area contributed by atoms with E-state index in [-0.39, 0.29) is 11.1 Å². The topological polar surface area (TPSA) is 113 Å². The number of rotatable bonds is 5. The van der Waals surface area contributed by atoms with Gasteiger partial charge in [0.05, 0.1) is 17.2 Å². The van der Waals surface area contributed by atoms with Gasteiger partial charge in [-0.05, 0) is 83.0 Å². The molecule has 0 amide bonds. The minimum atomic E-state index is -0.769. The fourth-order valence-corrected chi connectivity index (χ4v) is 4.78. The zero-order chi connectivity index (χ0) is 25.7. The van der Waals surface area contributed by atoms with Gasteiger partial charge in [0.25, 0.3) is 5.56 Å². The first-order valence-electron chi connectivity index (χ1n) is 12.2. The molecule has 184 valence electrons. The maximum Gasteiger partial charge on any atom is 0.278 e. The van der Waals surface area contributed by atoms with Crippen LogP contribution in [0.15, 0.2) is 47.4 Å². The average molecular weight is 483 g/mol. The summed E-state index contributed by atoms with van der Waals surface area (Å²) >= 11 is 0. The second-order valence-electron chi connectivity index (χ2n) is 10.2. The summed E-state index contributed by atoms with van der Waals surface area (Å²) in [7, 11) is 0. The Balaban J connectivity index is 1.59. The fourth-order valence-electron chi connectivity index (χ4n) is 4.78. The van der Waals surface area contributed by atoms with Gasteiger partial charge in [-0.3, -0.25) is 4.79 Å². The lowest BCUT2D eigenvalue weighted by atomic mass is 9.85. The molecule has 0 unspecified atom stereocenters. The first kappa shape index (κ1) is 23.7. The van der Waals surface area contributed by atoms with Gasteiger partial charge in [0, 0.05) is 24.0 Å². The predicted octanol–water partition coefficient (Wildman–Crippen LogP) is 3.92. The normalized spacial score (nSPS) is 14.9. The van der Waals surface area contributed by atoms with Gasteiger partial charge in [0.1, 0.15) is 5.39 Å². The van der Waals surface area contributed by atoms with Crippen molar-refractivity contribution >= 4 is 22.7 Å². The van der Waals surface area contributed by atoms with Crippen LogP contribution in [-0.2, 0) is 23.9 Å². The van der Waals surface area contributed by atoms with E-state index in [1.807, 2.05) is 45.0 Å². The van der Waals surface area contributed by atoms with Gasteiger partial charge in [0.15, 0.2) is 11.5 Å². The molecular formula is C27H30N8O. The van der Waals surface area contributed by atoms with E-state index in [1.165, 1.54) is 11.1 Å². The van der Waals surface area contributed by atoms with Gasteiger partial charge in [-0.25, -0.2) is 19.3 Å². The molecule has 3 aromatic heterocycles. The highest BCUT2D eigenvalue weighted by molar-refractivity contribution is 5.77. The molecule has 0 spiro atoms. The molecule has 4 heterocycles. The summed E-state index contributed by atoms with van der Waals surface area (Å²) in [5.74, 6) is 0.920. The first-order chi connectivity index (χ1) is 17.1. The zero-order valence-corrected chi connectivity index (χ0v) is 21.3. The van der Waals surface area contributed by atoms with Gasteiger partial charge < -0.3 is 10.6 Å². The molecule has 5 rings (SSSR count). The molecule has 36 heavy (non-hydrogen) atoms. The van der Waals surface area contributed by atoms with Crippen LogP contribution < -0.4 is 16.2 Å². The Kier molecular flexibility index (Phi) is 5.64. The van der Waals surface area contributed by atoms with Gasteiger partial charge >= 0.3 is 0 Å². The van der Waals surface area contributed by atoms with E-state index in [9.17, 15) is 10.1 Å². The lowest BCUT2D eigenvalue weighted by molar-refractivity contribution is 0.382. The number of aromatic nitrogens is 5. The Labute approximate surface area is 209 Å². The molecule has 1 aliphatic heterocycles. The first-order valence-corrected chi connectivity index (χ1v) is 12.2. The Morgan fingerprint density at radius 2 is 2.03 bits per heavy atom. The predicted molar refractivity (Wildman–Crippen MR) is 140 cm³/mol. The Bertz CT molecular complexity index is 1570. The third-order valence-electron chi connectivity index (χ3n) is 6.84. The van der Waals surface area contributed by atoms with Crippen LogP contribution in [0, 0.1) is 11.3 Å². The number of anilines is 2. The molecule has 0 atom stereocenters. The SMILES string of the molecule is CCn1c(=O)c2cnc(Nc3ccc4c(c3)CCNC4(C)C)nc2n1-c1cccc(C(C)(C)C#N)n1. The summed E-state index contributed by atoms with van der Waals surface area (Å²) in [6, 6.07) is 14.1. The standard InChI is InChI=1S/C27H30N8O/c1-6-34-24(36)19-15-29-25(31-18-10-11-20-17(14-18)12-13-30-27(20,4)5)33-23(19)35(34)22-9-7-8-21(32-22)26(2,3)16-28/h7-11,14-15,30H,6,12-13H2,1-5H3,(H,29,31,33). The highest BCUT2D eigenvalue weighted by Gasteiger charge is 2.27. The molecule has 0 radical (unpaired) electrons. The number of fused-ring (bicyclic) bond motifs is 2. The van der Waals surface area contributed by atoms with Crippen LogP contribution in [0.1, 0.15) is 51.4 Å². The van der Waals surface area contributed by atoms with Crippen molar-refractivity contribution in [1.29, 1.82) is 5.26 Å². The minimum absolute atomic E-state index is 0.0672. The molecule has 2 N–H and O–H groups in total. The van der Waals surface area contributed by atoms with E-state index >= 15 is 0 Å². The molecular weight excluding hydrogens is 452 g/mol. The Hall–Kier alpha value is -4.03. The van der Waals surface area contributed by atoms with Crippen LogP contribution in [0.5, 0.6) is 0 Å². The maximum absolute atomic E-state index is 13.1. The van der Waals surface area contributed by atoms with E-state index < -0.39 is 5.41 Å². The van der Waals surface area contributed by atoms with Gasteiger partial charge in [-0.1, -0.05) is 12.1 Å². The fraction of sp³-hybridized carbons (Fsp3) is 0.370. The van der Waals surface area contributed by atoms with Crippen molar-refractivity contribution < 1.29 is 0 Å². The van der Waals surface area contributed by atoms with Crippen LogP contribution in [0.3, 0.4) is 0 Å². The summed E-state index contributed by atoms with van der Waals surface area (Å²) in [5.41, 5.74) is 3.53. The number of nitrogens with one attached hydrogen (secondary N) is 2. The summed E-state index contributed by atoms with van der Waals surface area (Å²) in [6.45, 7) is 11.3. The number of pyridine rings is 1. The Morgan fingerprint density at radius 1 is 1.22 bits per heavy atom. The second-order valence-corrected chi connectivity index (χ2v) is 10.2. The largest absolute Gasteiger partial charge is 0.324 e. The minimum Gasteiger partial charge on any atom is -0.324 e. The van der Waals surface area contributed by atoms with Crippen LogP contribution in [0.2, 0.25) is 0 Å². The lowest BCUT2D eigenvalue weighted by Crippen LogP contribution is -2.42. The van der Waals surface area contributed by atoms with Crippen LogP contribution >= 0.6 is 0 Å². The van der Waals surface area contributed by atoms with Crippen LogP contribution in [0.25, 0.3) is 16.9 Å².